The van der Waals surface area contributed by atoms with Crippen molar-refractivity contribution in [2.24, 2.45) is 11.7 Å². The molecule has 0 aromatic carbocycles. The first-order chi connectivity index (χ1) is 7.71. The lowest BCUT2D eigenvalue weighted by molar-refractivity contribution is -0.134. The van der Waals surface area contributed by atoms with Gasteiger partial charge in [0.1, 0.15) is 0 Å². The number of carbonyl (C=O) groups excluding carboxylic acids is 1. The third-order valence-electron chi connectivity index (χ3n) is 3.44. The summed E-state index contributed by atoms with van der Waals surface area (Å²) < 4.78 is 5.14. The summed E-state index contributed by atoms with van der Waals surface area (Å²) in [4.78, 5) is 13.9. The quantitative estimate of drug-likeness (QED) is 0.707. The number of hydrogen-bond acceptors (Lipinski definition) is 3. The van der Waals surface area contributed by atoms with Crippen LogP contribution in [0.25, 0.3) is 0 Å². The van der Waals surface area contributed by atoms with Crippen molar-refractivity contribution >= 4 is 5.91 Å². The summed E-state index contributed by atoms with van der Waals surface area (Å²) in [6.45, 7) is 4.14. The van der Waals surface area contributed by atoms with Gasteiger partial charge in [0.05, 0.1) is 12.5 Å². The van der Waals surface area contributed by atoms with Gasteiger partial charge >= 0.3 is 0 Å². The van der Waals surface area contributed by atoms with Gasteiger partial charge in [-0.05, 0) is 25.7 Å². The molecule has 1 atom stereocenters. The lowest BCUT2D eigenvalue weighted by atomic mass is 9.85. The largest absolute Gasteiger partial charge is 0.380 e. The fourth-order valence-electron chi connectivity index (χ4n) is 1.98. The van der Waals surface area contributed by atoms with E-state index in [0.717, 1.165) is 19.0 Å². The monoisotopic (exact) mass is 228 g/mol. The topological polar surface area (TPSA) is 55.6 Å². The number of amides is 1. The molecule has 0 spiro atoms. The van der Waals surface area contributed by atoms with Gasteiger partial charge in [-0.15, -0.1) is 0 Å². The first kappa shape index (κ1) is 13.5. The van der Waals surface area contributed by atoms with E-state index in [-0.39, 0.29) is 12.0 Å². The summed E-state index contributed by atoms with van der Waals surface area (Å²) in [6.07, 6.45) is 4.14. The third kappa shape index (κ3) is 3.76. The average Bonchev–Trinajstić information content (AvgIpc) is 2.24. The number of carbonyl (C=O) groups is 1. The predicted octanol–water partition coefficient (Wildman–Crippen LogP) is 0.999. The Kier molecular flexibility index (Phi) is 5.77. The molecule has 1 aliphatic carbocycles. The Morgan fingerprint density at radius 2 is 2.25 bits per heavy atom. The molecule has 94 valence electrons. The van der Waals surface area contributed by atoms with Gasteiger partial charge in [-0.3, -0.25) is 4.79 Å². The smallest absolute Gasteiger partial charge is 0.225 e. The van der Waals surface area contributed by atoms with Crippen LogP contribution in [0.5, 0.6) is 0 Å². The Balaban J connectivity index is 2.35. The summed E-state index contributed by atoms with van der Waals surface area (Å²) in [5.74, 6) is 0.898. The van der Waals surface area contributed by atoms with Crippen LogP contribution in [-0.4, -0.2) is 43.7 Å². The predicted molar refractivity (Wildman–Crippen MR) is 64.1 cm³/mol. The van der Waals surface area contributed by atoms with Crippen molar-refractivity contribution < 1.29 is 9.53 Å². The molecule has 1 amide bonds. The van der Waals surface area contributed by atoms with E-state index in [1.807, 2.05) is 11.8 Å². The number of rotatable bonds is 7. The van der Waals surface area contributed by atoms with Crippen molar-refractivity contribution in [3.05, 3.63) is 0 Å². The summed E-state index contributed by atoms with van der Waals surface area (Å²) >= 11 is 0. The number of ether oxygens (including phenoxy) is 1. The van der Waals surface area contributed by atoms with Crippen LogP contribution in [0.1, 0.15) is 32.6 Å². The zero-order valence-electron chi connectivity index (χ0n) is 10.4. The highest BCUT2D eigenvalue weighted by Gasteiger charge is 2.23. The van der Waals surface area contributed by atoms with Crippen molar-refractivity contribution in [1.29, 1.82) is 0 Å². The second-order valence-electron chi connectivity index (χ2n) is 4.53. The molecule has 0 heterocycles. The highest BCUT2D eigenvalue weighted by Crippen LogP contribution is 2.27. The van der Waals surface area contributed by atoms with Gasteiger partial charge in [-0.25, -0.2) is 0 Å². The Bertz CT molecular complexity index is 213. The van der Waals surface area contributed by atoms with Gasteiger partial charge in [-0.2, -0.15) is 0 Å². The molecule has 1 rings (SSSR count). The Labute approximate surface area is 98.1 Å². The van der Waals surface area contributed by atoms with E-state index >= 15 is 0 Å². The van der Waals surface area contributed by atoms with E-state index in [9.17, 15) is 4.79 Å². The number of nitrogens with zero attached hydrogens (tertiary/aromatic N) is 1. The molecule has 1 fully saturated rings. The molecule has 0 bridgehead atoms. The number of hydrogen-bond donors (Lipinski definition) is 1. The maximum absolute atomic E-state index is 12.0. The van der Waals surface area contributed by atoms with Crippen molar-refractivity contribution in [2.75, 3.05) is 26.7 Å². The van der Waals surface area contributed by atoms with Crippen molar-refractivity contribution in [2.45, 2.75) is 38.7 Å². The molecule has 2 N–H and O–H groups in total. The molecular weight excluding hydrogens is 204 g/mol. The van der Waals surface area contributed by atoms with Crippen molar-refractivity contribution in [1.82, 2.24) is 4.90 Å². The Morgan fingerprint density at radius 1 is 1.56 bits per heavy atom. The SMILES string of the molecule is CCN(CC1CCC1)C(=O)CC(CN)OC. The van der Waals surface area contributed by atoms with E-state index < -0.39 is 0 Å². The second kappa shape index (κ2) is 6.86. The van der Waals surface area contributed by atoms with E-state index in [1.54, 1.807) is 7.11 Å². The summed E-state index contributed by atoms with van der Waals surface area (Å²) in [5, 5.41) is 0. The maximum atomic E-state index is 12.0. The molecule has 1 unspecified atom stereocenters. The molecule has 1 aliphatic rings. The van der Waals surface area contributed by atoms with Crippen LogP contribution >= 0.6 is 0 Å². The number of nitrogens with two attached hydrogens (primary N) is 1. The van der Waals surface area contributed by atoms with Gasteiger partial charge < -0.3 is 15.4 Å². The van der Waals surface area contributed by atoms with Crippen LogP contribution in [0, 0.1) is 5.92 Å². The fraction of sp³-hybridized carbons (Fsp3) is 0.917. The zero-order valence-corrected chi connectivity index (χ0v) is 10.4. The molecule has 0 radical (unpaired) electrons. The van der Waals surface area contributed by atoms with E-state index in [2.05, 4.69) is 0 Å². The normalized spacial score (nSPS) is 17.9. The fourth-order valence-corrected chi connectivity index (χ4v) is 1.98. The lowest BCUT2D eigenvalue weighted by Gasteiger charge is -2.32. The van der Waals surface area contributed by atoms with Crippen LogP contribution in [-0.2, 0) is 9.53 Å². The number of methoxy groups -OCH3 is 1. The van der Waals surface area contributed by atoms with Gasteiger partial charge in [0.25, 0.3) is 0 Å². The second-order valence-corrected chi connectivity index (χ2v) is 4.53. The van der Waals surface area contributed by atoms with Crippen LogP contribution in [0.3, 0.4) is 0 Å². The third-order valence-corrected chi connectivity index (χ3v) is 3.44. The van der Waals surface area contributed by atoms with Gasteiger partial charge in [0.2, 0.25) is 5.91 Å². The molecule has 0 aromatic rings. The zero-order chi connectivity index (χ0) is 12.0. The standard InChI is InChI=1S/C12H24N2O2/c1-3-14(9-10-5-4-6-10)12(15)7-11(8-13)16-2/h10-11H,3-9,13H2,1-2H3. The molecule has 0 saturated heterocycles. The van der Waals surface area contributed by atoms with E-state index in [4.69, 9.17) is 10.5 Å². The average molecular weight is 228 g/mol. The first-order valence-corrected chi connectivity index (χ1v) is 6.21. The minimum absolute atomic E-state index is 0.136. The van der Waals surface area contributed by atoms with Crippen molar-refractivity contribution in [3.8, 4) is 0 Å². The summed E-state index contributed by atoms with van der Waals surface area (Å²) in [5.41, 5.74) is 5.52. The molecule has 1 saturated carbocycles. The highest BCUT2D eigenvalue weighted by molar-refractivity contribution is 5.76. The molecule has 4 heteroatoms. The minimum Gasteiger partial charge on any atom is -0.380 e. The molecule has 0 aliphatic heterocycles. The van der Waals surface area contributed by atoms with E-state index in [1.165, 1.54) is 19.3 Å². The minimum atomic E-state index is -0.136. The highest BCUT2D eigenvalue weighted by atomic mass is 16.5. The van der Waals surface area contributed by atoms with Crippen LogP contribution in [0.15, 0.2) is 0 Å². The van der Waals surface area contributed by atoms with E-state index in [0.29, 0.717) is 13.0 Å². The lowest BCUT2D eigenvalue weighted by Crippen LogP contribution is -2.40. The summed E-state index contributed by atoms with van der Waals surface area (Å²) in [7, 11) is 1.60. The molecular formula is C12H24N2O2. The Hall–Kier alpha value is -0.610. The van der Waals surface area contributed by atoms with Crippen LogP contribution in [0.4, 0.5) is 0 Å². The molecule has 0 aromatic heterocycles. The summed E-state index contributed by atoms with van der Waals surface area (Å²) in [6, 6.07) is 0. The van der Waals surface area contributed by atoms with Gasteiger partial charge in [0.15, 0.2) is 0 Å². The first-order valence-electron chi connectivity index (χ1n) is 6.21. The maximum Gasteiger partial charge on any atom is 0.225 e. The van der Waals surface area contributed by atoms with Gasteiger partial charge in [-0.1, -0.05) is 6.42 Å². The van der Waals surface area contributed by atoms with Crippen LogP contribution in [0.2, 0.25) is 0 Å². The van der Waals surface area contributed by atoms with Crippen LogP contribution < -0.4 is 5.73 Å². The van der Waals surface area contributed by atoms with Crippen molar-refractivity contribution in [3.63, 3.8) is 0 Å². The van der Waals surface area contributed by atoms with Gasteiger partial charge in [0, 0.05) is 26.7 Å². The Morgan fingerprint density at radius 3 is 2.62 bits per heavy atom. The molecule has 16 heavy (non-hydrogen) atoms. The molecule has 4 nitrogen and oxygen atoms in total.